The van der Waals surface area contributed by atoms with Gasteiger partial charge in [0.05, 0.1) is 6.04 Å². The Labute approximate surface area is 150 Å². The van der Waals surface area contributed by atoms with Crippen LogP contribution in [0.25, 0.3) is 0 Å². The Balaban J connectivity index is 1.53. The maximum atomic E-state index is 12.8. The molecule has 0 radical (unpaired) electrons. The van der Waals surface area contributed by atoms with Crippen LogP contribution in [0.1, 0.15) is 39.4 Å². The van der Waals surface area contributed by atoms with Gasteiger partial charge in [-0.15, -0.1) is 0 Å². The largest absolute Gasteiger partial charge is 0.332 e. The first-order chi connectivity index (χ1) is 12.5. The molecule has 7 heteroatoms. The van der Waals surface area contributed by atoms with E-state index in [1.807, 2.05) is 4.90 Å². The van der Waals surface area contributed by atoms with Crippen LogP contribution in [0, 0.1) is 6.92 Å². The fourth-order valence-corrected chi connectivity index (χ4v) is 3.84. The van der Waals surface area contributed by atoms with Crippen LogP contribution in [0.2, 0.25) is 0 Å². The van der Waals surface area contributed by atoms with E-state index < -0.39 is 0 Å². The molecule has 2 saturated heterocycles. The highest BCUT2D eigenvalue weighted by Crippen LogP contribution is 2.31. The number of carbonyl (C=O) groups is 2. The molecule has 0 aliphatic carbocycles. The number of carbonyl (C=O) groups excluding carboxylic acids is 2. The van der Waals surface area contributed by atoms with E-state index in [9.17, 15) is 14.4 Å². The van der Waals surface area contributed by atoms with Crippen LogP contribution in [0.5, 0.6) is 0 Å². The highest BCUT2D eigenvalue weighted by atomic mass is 16.2. The number of rotatable bonds is 2. The Hall–Kier alpha value is -2.96. The fraction of sp³-hybridized carbons (Fsp3) is 0.368. The predicted molar refractivity (Wildman–Crippen MR) is 94.9 cm³/mol. The van der Waals surface area contributed by atoms with Gasteiger partial charge in [-0.3, -0.25) is 19.4 Å². The predicted octanol–water partition coefficient (Wildman–Crippen LogP) is 1.21. The Morgan fingerprint density at radius 2 is 1.96 bits per heavy atom. The first kappa shape index (κ1) is 16.5. The first-order valence-corrected chi connectivity index (χ1v) is 8.77. The summed E-state index contributed by atoms with van der Waals surface area (Å²) in [5.41, 5.74) is 1.06. The van der Waals surface area contributed by atoms with Crippen molar-refractivity contribution in [2.75, 3.05) is 13.1 Å². The van der Waals surface area contributed by atoms with Gasteiger partial charge in [-0.1, -0.05) is 12.1 Å². The molecular formula is C19H20N4O3. The topological polar surface area (TPSA) is 86.4 Å². The van der Waals surface area contributed by atoms with Crippen LogP contribution >= 0.6 is 0 Å². The van der Waals surface area contributed by atoms with Crippen LogP contribution < -0.4 is 5.56 Å². The number of hydrogen-bond acceptors (Lipinski definition) is 4. The molecule has 2 aromatic rings. The van der Waals surface area contributed by atoms with Gasteiger partial charge in [0.25, 0.3) is 17.4 Å². The molecule has 2 amide bonds. The molecule has 7 nitrogen and oxygen atoms in total. The number of hydrogen-bond donors (Lipinski definition) is 1. The zero-order chi connectivity index (χ0) is 18.3. The monoisotopic (exact) mass is 352 g/mol. The molecule has 0 spiro atoms. The average Bonchev–Trinajstić information content (AvgIpc) is 3.00. The number of piperidine rings is 1. The normalized spacial score (nSPS) is 21.7. The summed E-state index contributed by atoms with van der Waals surface area (Å²) in [7, 11) is 0. The molecule has 2 aromatic heterocycles. The zero-order valence-corrected chi connectivity index (χ0v) is 14.5. The molecule has 4 rings (SSSR count). The first-order valence-electron chi connectivity index (χ1n) is 8.77. The summed E-state index contributed by atoms with van der Waals surface area (Å²) in [4.78, 5) is 47.8. The lowest BCUT2D eigenvalue weighted by Gasteiger charge is -2.32. The van der Waals surface area contributed by atoms with Gasteiger partial charge in [0.2, 0.25) is 0 Å². The van der Waals surface area contributed by atoms with Crippen molar-refractivity contribution in [1.29, 1.82) is 0 Å². The summed E-state index contributed by atoms with van der Waals surface area (Å²) < 4.78 is 0. The summed E-state index contributed by atoms with van der Waals surface area (Å²) in [5.74, 6) is -0.270. The number of amides is 2. The van der Waals surface area contributed by atoms with E-state index in [0.717, 1.165) is 12.8 Å². The maximum absolute atomic E-state index is 12.8. The molecule has 26 heavy (non-hydrogen) atoms. The summed E-state index contributed by atoms with van der Waals surface area (Å²) in [6, 6.07) is 8.70. The van der Waals surface area contributed by atoms with Crippen LogP contribution in [0.4, 0.5) is 0 Å². The van der Waals surface area contributed by atoms with Crippen LogP contribution in [0.3, 0.4) is 0 Å². The summed E-state index contributed by atoms with van der Waals surface area (Å²) in [6.07, 6.45) is 3.11. The molecule has 0 aromatic carbocycles. The molecule has 4 heterocycles. The second-order valence-corrected chi connectivity index (χ2v) is 6.89. The fourth-order valence-electron chi connectivity index (χ4n) is 3.84. The summed E-state index contributed by atoms with van der Waals surface area (Å²) >= 11 is 0. The third-order valence-electron chi connectivity index (χ3n) is 5.28. The lowest BCUT2D eigenvalue weighted by Crippen LogP contribution is -2.45. The van der Waals surface area contributed by atoms with E-state index in [0.29, 0.717) is 30.0 Å². The van der Waals surface area contributed by atoms with Gasteiger partial charge in [0.1, 0.15) is 11.4 Å². The maximum Gasteiger partial charge on any atom is 0.272 e. The van der Waals surface area contributed by atoms with E-state index in [1.54, 1.807) is 48.4 Å². The van der Waals surface area contributed by atoms with Crippen molar-refractivity contribution in [2.45, 2.75) is 31.8 Å². The molecule has 134 valence electrons. The van der Waals surface area contributed by atoms with Gasteiger partial charge in [0, 0.05) is 30.9 Å². The minimum Gasteiger partial charge on any atom is -0.332 e. The lowest BCUT2D eigenvalue weighted by molar-refractivity contribution is 0.0651. The number of aromatic amines is 1. The summed E-state index contributed by atoms with van der Waals surface area (Å²) in [6.45, 7) is 2.79. The Morgan fingerprint density at radius 3 is 2.69 bits per heavy atom. The van der Waals surface area contributed by atoms with Crippen molar-refractivity contribution in [3.8, 4) is 0 Å². The molecule has 2 fully saturated rings. The number of likely N-dealkylation sites (tertiary alicyclic amines) is 2. The molecule has 2 unspecified atom stereocenters. The number of nitrogens with zero attached hydrogens (tertiary/aromatic N) is 3. The van der Waals surface area contributed by atoms with Crippen LogP contribution in [0.15, 0.2) is 41.3 Å². The number of aromatic nitrogens is 2. The third kappa shape index (κ3) is 2.79. The van der Waals surface area contributed by atoms with Crippen molar-refractivity contribution >= 4 is 11.8 Å². The van der Waals surface area contributed by atoms with E-state index >= 15 is 0 Å². The summed E-state index contributed by atoms with van der Waals surface area (Å²) in [5, 5.41) is 0. The quantitative estimate of drug-likeness (QED) is 0.880. The SMILES string of the molecule is Cc1ccc(C(=O)N2CCC3CC2CN3C(=O)c2ccccn2)[nH]c1=O. The molecule has 2 aliphatic heterocycles. The molecule has 2 atom stereocenters. The minimum absolute atomic E-state index is 0.0290. The van der Waals surface area contributed by atoms with E-state index in [-0.39, 0.29) is 29.5 Å². The zero-order valence-electron chi connectivity index (χ0n) is 14.5. The molecule has 2 aliphatic rings. The standard InChI is InChI=1S/C19H20N4O3/c1-12-5-6-16(21-17(12)24)19(26)22-9-7-13-10-14(22)11-23(13)18(25)15-4-2-3-8-20-15/h2-6,8,13-14H,7,9-11H2,1H3,(H,21,24). The van der Waals surface area contributed by atoms with Crippen LogP contribution in [-0.2, 0) is 0 Å². The third-order valence-corrected chi connectivity index (χ3v) is 5.28. The van der Waals surface area contributed by atoms with Gasteiger partial charge >= 0.3 is 0 Å². The second-order valence-electron chi connectivity index (χ2n) is 6.89. The molecule has 1 N–H and O–H groups in total. The van der Waals surface area contributed by atoms with Gasteiger partial charge in [-0.05, 0) is 38.0 Å². The molecule has 2 bridgehead atoms. The van der Waals surface area contributed by atoms with Crippen molar-refractivity contribution < 1.29 is 9.59 Å². The van der Waals surface area contributed by atoms with Crippen molar-refractivity contribution in [2.24, 2.45) is 0 Å². The Bertz CT molecular complexity index is 909. The molecular weight excluding hydrogens is 332 g/mol. The Morgan fingerprint density at radius 1 is 1.12 bits per heavy atom. The highest BCUT2D eigenvalue weighted by molar-refractivity contribution is 5.94. The van der Waals surface area contributed by atoms with Crippen LogP contribution in [-0.4, -0.2) is 56.8 Å². The molecule has 0 saturated carbocycles. The minimum atomic E-state index is -0.246. The van der Waals surface area contributed by atoms with Crippen molar-refractivity contribution in [3.63, 3.8) is 0 Å². The van der Waals surface area contributed by atoms with E-state index in [4.69, 9.17) is 0 Å². The van der Waals surface area contributed by atoms with E-state index in [2.05, 4.69) is 9.97 Å². The van der Waals surface area contributed by atoms with Gasteiger partial charge in [0.15, 0.2) is 0 Å². The number of fused-ring (bicyclic) bond motifs is 2. The van der Waals surface area contributed by atoms with Crippen molar-refractivity contribution in [1.82, 2.24) is 19.8 Å². The highest BCUT2D eigenvalue weighted by Gasteiger charge is 2.44. The van der Waals surface area contributed by atoms with Gasteiger partial charge in [-0.25, -0.2) is 0 Å². The average molecular weight is 352 g/mol. The van der Waals surface area contributed by atoms with E-state index in [1.165, 1.54) is 0 Å². The second kappa shape index (κ2) is 6.40. The Kier molecular flexibility index (Phi) is 4.06. The number of H-pyrrole nitrogens is 1. The van der Waals surface area contributed by atoms with Gasteiger partial charge < -0.3 is 14.8 Å². The number of aryl methyl sites for hydroxylation is 1. The lowest BCUT2D eigenvalue weighted by atomic mass is 10.0. The van der Waals surface area contributed by atoms with Crippen molar-refractivity contribution in [3.05, 3.63) is 63.8 Å². The number of nitrogens with one attached hydrogen (secondary N) is 1. The smallest absolute Gasteiger partial charge is 0.272 e. The number of pyridine rings is 2. The van der Waals surface area contributed by atoms with Gasteiger partial charge in [-0.2, -0.15) is 0 Å².